The highest BCUT2D eigenvalue weighted by Crippen LogP contribution is 2.27. The van der Waals surface area contributed by atoms with Crippen LogP contribution in [-0.4, -0.2) is 67.2 Å². The van der Waals surface area contributed by atoms with Crippen molar-refractivity contribution in [3.8, 4) is 0 Å². The number of piperazine rings is 1. The molecule has 0 spiro atoms. The number of halogens is 2. The summed E-state index contributed by atoms with van der Waals surface area (Å²) in [6.07, 6.45) is 4.93. The Morgan fingerprint density at radius 2 is 1.94 bits per heavy atom. The first kappa shape index (κ1) is 24.1. The molecule has 0 bridgehead atoms. The van der Waals surface area contributed by atoms with Crippen molar-refractivity contribution in [2.24, 2.45) is 5.92 Å². The minimum Gasteiger partial charge on any atom is -0.365 e. The molecule has 7 nitrogen and oxygen atoms in total. The van der Waals surface area contributed by atoms with Gasteiger partial charge in [-0.15, -0.1) is 0 Å². The lowest BCUT2D eigenvalue weighted by atomic mass is 10.0. The van der Waals surface area contributed by atoms with Crippen molar-refractivity contribution >= 4 is 35.0 Å². The van der Waals surface area contributed by atoms with Gasteiger partial charge in [-0.25, -0.2) is 4.98 Å². The Balaban J connectivity index is 1.21. The average Bonchev–Trinajstić information content (AvgIpc) is 3.37. The molecular formula is C25H35Cl2N7. The monoisotopic (exact) mass is 503 g/mol. The summed E-state index contributed by atoms with van der Waals surface area (Å²) in [5, 5.41) is 11.8. The molecule has 0 aliphatic carbocycles. The summed E-state index contributed by atoms with van der Waals surface area (Å²) in [7, 11) is 0. The number of rotatable bonds is 8. The van der Waals surface area contributed by atoms with Gasteiger partial charge in [-0.3, -0.25) is 4.90 Å². The first-order valence-corrected chi connectivity index (χ1v) is 13.4. The van der Waals surface area contributed by atoms with Crippen molar-refractivity contribution in [3.63, 3.8) is 0 Å². The second-order valence-corrected chi connectivity index (χ2v) is 10.5. The van der Waals surface area contributed by atoms with Crippen LogP contribution in [0.1, 0.15) is 36.1 Å². The zero-order valence-corrected chi connectivity index (χ0v) is 21.3. The number of hydrogen-bond acceptors (Lipinski definition) is 7. The molecule has 9 heteroatoms. The zero-order valence-electron chi connectivity index (χ0n) is 19.8. The third kappa shape index (κ3) is 5.94. The van der Waals surface area contributed by atoms with Crippen molar-refractivity contribution in [2.75, 3.05) is 62.6 Å². The smallest absolute Gasteiger partial charge is 0.227 e. The van der Waals surface area contributed by atoms with Gasteiger partial charge in [0, 0.05) is 67.8 Å². The van der Waals surface area contributed by atoms with Gasteiger partial charge in [-0.05, 0) is 62.5 Å². The van der Waals surface area contributed by atoms with Crippen LogP contribution in [0.15, 0.2) is 18.2 Å². The van der Waals surface area contributed by atoms with Gasteiger partial charge in [-0.1, -0.05) is 29.3 Å². The molecule has 2 saturated heterocycles. The third-order valence-electron chi connectivity index (χ3n) is 7.29. The van der Waals surface area contributed by atoms with Crippen LogP contribution in [0.25, 0.3) is 0 Å². The van der Waals surface area contributed by atoms with E-state index in [-0.39, 0.29) is 0 Å². The highest BCUT2D eigenvalue weighted by atomic mass is 35.5. The summed E-state index contributed by atoms with van der Waals surface area (Å²) in [4.78, 5) is 14.9. The molecule has 3 aliphatic heterocycles. The van der Waals surface area contributed by atoms with Crippen molar-refractivity contribution < 1.29 is 0 Å². The normalized spacial score (nSPS) is 21.0. The SMILES string of the molecule is Clc1ccc(CNc2nc(N3CCN(CCCC4CCNC4)CC3)nc3c2CNCC3)c(Cl)c1. The van der Waals surface area contributed by atoms with E-state index in [1.165, 1.54) is 44.5 Å². The van der Waals surface area contributed by atoms with Gasteiger partial charge in [0.05, 0.1) is 5.69 Å². The molecule has 5 rings (SSSR count). The van der Waals surface area contributed by atoms with E-state index < -0.39 is 0 Å². The van der Waals surface area contributed by atoms with Crippen molar-refractivity contribution in [1.29, 1.82) is 0 Å². The third-order valence-corrected chi connectivity index (χ3v) is 7.87. The minimum atomic E-state index is 0.600. The zero-order chi connectivity index (χ0) is 23.3. The number of aromatic nitrogens is 2. The van der Waals surface area contributed by atoms with Crippen LogP contribution in [0, 0.1) is 5.92 Å². The van der Waals surface area contributed by atoms with E-state index in [0.29, 0.717) is 16.6 Å². The fourth-order valence-corrected chi connectivity index (χ4v) is 5.67. The highest BCUT2D eigenvalue weighted by Gasteiger charge is 2.24. The molecule has 2 fully saturated rings. The number of benzene rings is 1. The molecule has 3 N–H and O–H groups in total. The molecule has 3 aliphatic rings. The van der Waals surface area contributed by atoms with Crippen LogP contribution >= 0.6 is 23.2 Å². The van der Waals surface area contributed by atoms with E-state index in [1.807, 2.05) is 12.1 Å². The van der Waals surface area contributed by atoms with Gasteiger partial charge < -0.3 is 20.9 Å². The largest absolute Gasteiger partial charge is 0.365 e. The molecule has 184 valence electrons. The van der Waals surface area contributed by atoms with E-state index in [2.05, 4.69) is 25.8 Å². The standard InChI is InChI=1S/C25H35Cl2N7/c26-20-4-3-19(22(27)14-20)16-30-24-21-17-29-8-6-23(21)31-25(32-24)34-12-10-33(11-13-34)9-1-2-18-5-7-28-15-18/h3-4,14,18,28-29H,1-2,5-13,15-17H2,(H,30,31,32). The number of fused-ring (bicyclic) bond motifs is 1. The van der Waals surface area contributed by atoms with Crippen molar-refractivity contribution in [1.82, 2.24) is 25.5 Å². The molecule has 4 heterocycles. The molecule has 1 aromatic carbocycles. The fraction of sp³-hybridized carbons (Fsp3) is 0.600. The summed E-state index contributed by atoms with van der Waals surface area (Å²) >= 11 is 12.5. The lowest BCUT2D eigenvalue weighted by molar-refractivity contribution is 0.246. The van der Waals surface area contributed by atoms with Gasteiger partial charge in [0.2, 0.25) is 5.95 Å². The maximum atomic E-state index is 6.39. The predicted octanol–water partition coefficient (Wildman–Crippen LogP) is 3.55. The quantitative estimate of drug-likeness (QED) is 0.508. The van der Waals surface area contributed by atoms with E-state index in [0.717, 1.165) is 74.6 Å². The average molecular weight is 505 g/mol. The number of nitrogens with zero attached hydrogens (tertiary/aromatic N) is 4. The lowest BCUT2D eigenvalue weighted by Gasteiger charge is -2.35. The van der Waals surface area contributed by atoms with E-state index in [1.54, 1.807) is 6.07 Å². The van der Waals surface area contributed by atoms with Crippen LogP contribution in [0.4, 0.5) is 11.8 Å². The maximum Gasteiger partial charge on any atom is 0.227 e. The van der Waals surface area contributed by atoms with E-state index in [9.17, 15) is 0 Å². The Morgan fingerprint density at radius 1 is 1.06 bits per heavy atom. The summed E-state index contributed by atoms with van der Waals surface area (Å²) in [5.74, 6) is 2.64. The van der Waals surface area contributed by atoms with Crippen molar-refractivity contribution in [2.45, 2.75) is 38.8 Å². The Labute approximate surface area is 212 Å². The van der Waals surface area contributed by atoms with Crippen LogP contribution in [0.3, 0.4) is 0 Å². The van der Waals surface area contributed by atoms with Crippen LogP contribution in [0.2, 0.25) is 10.0 Å². The second-order valence-electron chi connectivity index (χ2n) is 9.64. The van der Waals surface area contributed by atoms with Crippen LogP contribution in [0.5, 0.6) is 0 Å². The van der Waals surface area contributed by atoms with Gasteiger partial charge in [0.15, 0.2) is 0 Å². The first-order chi connectivity index (χ1) is 16.7. The molecule has 34 heavy (non-hydrogen) atoms. The number of nitrogens with one attached hydrogen (secondary N) is 3. The predicted molar refractivity (Wildman–Crippen MR) is 140 cm³/mol. The Bertz CT molecular complexity index is 972. The summed E-state index contributed by atoms with van der Waals surface area (Å²) in [6, 6.07) is 5.62. The number of hydrogen-bond donors (Lipinski definition) is 3. The van der Waals surface area contributed by atoms with Gasteiger partial charge >= 0.3 is 0 Å². The first-order valence-electron chi connectivity index (χ1n) is 12.6. The topological polar surface area (TPSA) is 68.4 Å². The van der Waals surface area contributed by atoms with Crippen LogP contribution in [-0.2, 0) is 19.5 Å². The summed E-state index contributed by atoms with van der Waals surface area (Å²) in [5.41, 5.74) is 3.33. The van der Waals surface area contributed by atoms with Crippen molar-refractivity contribution in [3.05, 3.63) is 45.1 Å². The summed E-state index contributed by atoms with van der Waals surface area (Å²) < 4.78 is 0. The van der Waals surface area contributed by atoms with Gasteiger partial charge in [-0.2, -0.15) is 4.98 Å². The maximum absolute atomic E-state index is 6.39. The summed E-state index contributed by atoms with van der Waals surface area (Å²) in [6.45, 7) is 10.1. The Hall–Kier alpha value is -1.64. The molecule has 2 aromatic rings. The number of anilines is 2. The molecule has 0 radical (unpaired) electrons. The van der Waals surface area contributed by atoms with E-state index in [4.69, 9.17) is 33.2 Å². The lowest BCUT2D eigenvalue weighted by Crippen LogP contribution is -2.47. The minimum absolute atomic E-state index is 0.600. The fourth-order valence-electron chi connectivity index (χ4n) is 5.20. The highest BCUT2D eigenvalue weighted by molar-refractivity contribution is 6.35. The second kappa shape index (κ2) is 11.4. The molecule has 1 unspecified atom stereocenters. The molecule has 0 saturated carbocycles. The van der Waals surface area contributed by atoms with E-state index >= 15 is 0 Å². The molecular weight excluding hydrogens is 469 g/mol. The molecule has 1 atom stereocenters. The Morgan fingerprint density at radius 3 is 2.74 bits per heavy atom. The van der Waals surface area contributed by atoms with Gasteiger partial charge in [0.25, 0.3) is 0 Å². The molecule has 0 amide bonds. The van der Waals surface area contributed by atoms with Crippen LogP contribution < -0.4 is 20.9 Å². The molecule has 1 aromatic heterocycles. The Kier molecular flexibility index (Phi) is 8.07. The van der Waals surface area contributed by atoms with Gasteiger partial charge in [0.1, 0.15) is 5.82 Å².